The fourth-order valence-electron chi connectivity index (χ4n) is 0.776. The van der Waals surface area contributed by atoms with Crippen LogP contribution >= 0.6 is 24.8 Å². The van der Waals surface area contributed by atoms with Crippen molar-refractivity contribution in [2.24, 2.45) is 11.7 Å². The first-order chi connectivity index (χ1) is 4.72. The average molecular weight is 212 g/mol. The predicted octanol–water partition coefficient (Wildman–Crippen LogP) is 1.91. The van der Waals surface area contributed by atoms with Crippen molar-refractivity contribution in [3.63, 3.8) is 0 Å². The Morgan fingerprint density at radius 2 is 2.00 bits per heavy atom. The summed E-state index contributed by atoms with van der Waals surface area (Å²) in [5.74, 6) is 1.31. The van der Waals surface area contributed by atoms with Crippen LogP contribution in [0.2, 0.25) is 0 Å². The van der Waals surface area contributed by atoms with Gasteiger partial charge in [-0.3, -0.25) is 0 Å². The van der Waals surface area contributed by atoms with E-state index in [4.69, 9.17) is 5.73 Å². The van der Waals surface area contributed by atoms with E-state index in [1.54, 1.807) is 12.4 Å². The maximum atomic E-state index is 5.79. The molecule has 12 heavy (non-hydrogen) atoms. The van der Waals surface area contributed by atoms with Gasteiger partial charge in [-0.05, 0) is 5.92 Å². The zero-order valence-corrected chi connectivity index (χ0v) is 8.78. The molecule has 1 heterocycles. The summed E-state index contributed by atoms with van der Waals surface area (Å²) in [6.45, 7) is 4.15. The minimum Gasteiger partial charge on any atom is -0.347 e. The van der Waals surface area contributed by atoms with Gasteiger partial charge in [-0.1, -0.05) is 13.8 Å². The second kappa shape index (κ2) is 6.29. The number of nitrogens with two attached hydrogens (primary N) is 1. The third-order valence-corrected chi connectivity index (χ3v) is 1.55. The highest BCUT2D eigenvalue weighted by Crippen LogP contribution is 2.13. The monoisotopic (exact) mass is 211 g/mol. The molecule has 0 aliphatic rings. The van der Waals surface area contributed by atoms with Crippen LogP contribution in [0.4, 0.5) is 0 Å². The summed E-state index contributed by atoms with van der Waals surface area (Å²) in [5.41, 5.74) is 5.79. The fraction of sp³-hybridized carbons (Fsp3) is 0.571. The Labute approximate surface area is 85.0 Å². The molecule has 1 rings (SSSR count). The number of nitrogens with zero attached hydrogens (tertiary/aromatic N) is 1. The number of H-pyrrole nitrogens is 1. The van der Waals surface area contributed by atoms with E-state index in [0.717, 1.165) is 5.82 Å². The topological polar surface area (TPSA) is 54.7 Å². The van der Waals surface area contributed by atoms with E-state index in [-0.39, 0.29) is 30.9 Å². The number of hydrogen-bond donors (Lipinski definition) is 2. The number of imidazole rings is 1. The van der Waals surface area contributed by atoms with E-state index >= 15 is 0 Å². The van der Waals surface area contributed by atoms with E-state index in [0.29, 0.717) is 5.92 Å². The molecule has 3 N–H and O–H groups in total. The van der Waals surface area contributed by atoms with Crippen molar-refractivity contribution in [1.82, 2.24) is 9.97 Å². The van der Waals surface area contributed by atoms with Gasteiger partial charge in [-0.25, -0.2) is 4.98 Å². The van der Waals surface area contributed by atoms with E-state index in [1.165, 1.54) is 0 Å². The van der Waals surface area contributed by atoms with Crippen LogP contribution in [0.5, 0.6) is 0 Å². The van der Waals surface area contributed by atoms with Crippen LogP contribution < -0.4 is 5.73 Å². The number of aromatic nitrogens is 2. The lowest BCUT2D eigenvalue weighted by molar-refractivity contribution is 0.494. The van der Waals surface area contributed by atoms with E-state index < -0.39 is 0 Å². The number of nitrogens with one attached hydrogen (secondary N) is 1. The Bertz CT molecular complexity index is 187. The maximum absolute atomic E-state index is 5.79. The summed E-state index contributed by atoms with van der Waals surface area (Å²) >= 11 is 0. The van der Waals surface area contributed by atoms with Gasteiger partial charge in [0.05, 0.1) is 6.04 Å². The second-order valence-corrected chi connectivity index (χ2v) is 2.74. The molecule has 0 aliphatic heterocycles. The van der Waals surface area contributed by atoms with Gasteiger partial charge >= 0.3 is 0 Å². The molecule has 0 saturated carbocycles. The van der Waals surface area contributed by atoms with Gasteiger partial charge in [0.2, 0.25) is 0 Å². The molecule has 1 aromatic heterocycles. The highest BCUT2D eigenvalue weighted by molar-refractivity contribution is 5.85. The van der Waals surface area contributed by atoms with Crippen molar-refractivity contribution in [2.45, 2.75) is 19.9 Å². The van der Waals surface area contributed by atoms with Gasteiger partial charge in [0, 0.05) is 12.4 Å². The molecule has 0 bridgehead atoms. The Balaban J connectivity index is 0. The van der Waals surface area contributed by atoms with Gasteiger partial charge in [0.1, 0.15) is 5.82 Å². The molecule has 0 unspecified atom stereocenters. The van der Waals surface area contributed by atoms with Crippen molar-refractivity contribution >= 4 is 24.8 Å². The first-order valence-electron chi connectivity index (χ1n) is 3.46. The molecular weight excluding hydrogens is 197 g/mol. The predicted molar refractivity (Wildman–Crippen MR) is 54.9 cm³/mol. The quantitative estimate of drug-likeness (QED) is 0.786. The molecule has 3 nitrogen and oxygen atoms in total. The Hall–Kier alpha value is -0.250. The standard InChI is InChI=1S/C7H13N3.2ClH/c1-5(2)6(8)7-9-3-4-10-7;;/h3-6H,8H2,1-2H3,(H,9,10);2*1H/t6-;;/m0../s1. The lowest BCUT2D eigenvalue weighted by Gasteiger charge is -2.11. The van der Waals surface area contributed by atoms with Crippen molar-refractivity contribution in [1.29, 1.82) is 0 Å². The van der Waals surface area contributed by atoms with E-state index in [9.17, 15) is 0 Å². The molecule has 0 fully saturated rings. The van der Waals surface area contributed by atoms with Gasteiger partial charge in [0.25, 0.3) is 0 Å². The fourth-order valence-corrected chi connectivity index (χ4v) is 0.776. The normalized spacial score (nSPS) is 11.7. The van der Waals surface area contributed by atoms with Crippen LogP contribution in [0.1, 0.15) is 25.7 Å². The first-order valence-corrected chi connectivity index (χ1v) is 3.46. The van der Waals surface area contributed by atoms with Gasteiger partial charge in [-0.15, -0.1) is 24.8 Å². The van der Waals surface area contributed by atoms with Crippen LogP contribution in [-0.4, -0.2) is 9.97 Å². The minimum atomic E-state index is 0. The summed E-state index contributed by atoms with van der Waals surface area (Å²) in [7, 11) is 0. The summed E-state index contributed by atoms with van der Waals surface area (Å²) in [6, 6.07) is 0.0370. The molecule has 0 aliphatic carbocycles. The summed E-state index contributed by atoms with van der Waals surface area (Å²) in [6.07, 6.45) is 3.51. The number of rotatable bonds is 2. The molecular formula is C7H15Cl2N3. The lowest BCUT2D eigenvalue weighted by Crippen LogP contribution is -2.17. The van der Waals surface area contributed by atoms with E-state index in [2.05, 4.69) is 23.8 Å². The first kappa shape index (κ1) is 14.3. The molecule has 5 heteroatoms. The van der Waals surface area contributed by atoms with Gasteiger partial charge in [0.15, 0.2) is 0 Å². The van der Waals surface area contributed by atoms with Gasteiger partial charge in [-0.2, -0.15) is 0 Å². The highest BCUT2D eigenvalue weighted by atomic mass is 35.5. The van der Waals surface area contributed by atoms with Crippen LogP contribution in [0.15, 0.2) is 12.4 Å². The average Bonchev–Trinajstić information content (AvgIpc) is 2.36. The lowest BCUT2D eigenvalue weighted by atomic mass is 10.1. The van der Waals surface area contributed by atoms with Crippen molar-refractivity contribution in [3.8, 4) is 0 Å². The van der Waals surface area contributed by atoms with Crippen molar-refractivity contribution in [3.05, 3.63) is 18.2 Å². The number of aromatic amines is 1. The molecule has 72 valence electrons. The molecule has 0 saturated heterocycles. The Morgan fingerprint density at radius 1 is 1.42 bits per heavy atom. The second-order valence-electron chi connectivity index (χ2n) is 2.74. The SMILES string of the molecule is CC(C)[C@H](N)c1ncc[nH]1.Cl.Cl. The number of halogens is 2. The Morgan fingerprint density at radius 3 is 2.33 bits per heavy atom. The highest BCUT2D eigenvalue weighted by Gasteiger charge is 2.11. The molecule has 1 atom stereocenters. The largest absolute Gasteiger partial charge is 0.347 e. The van der Waals surface area contributed by atoms with Crippen molar-refractivity contribution in [2.75, 3.05) is 0 Å². The van der Waals surface area contributed by atoms with Crippen LogP contribution in [0.25, 0.3) is 0 Å². The van der Waals surface area contributed by atoms with E-state index in [1.807, 2.05) is 0 Å². The minimum absolute atomic E-state index is 0. The summed E-state index contributed by atoms with van der Waals surface area (Å²) in [5, 5.41) is 0. The van der Waals surface area contributed by atoms with Crippen LogP contribution in [0.3, 0.4) is 0 Å². The Kier molecular flexibility index (Phi) is 7.48. The maximum Gasteiger partial charge on any atom is 0.123 e. The summed E-state index contributed by atoms with van der Waals surface area (Å²) in [4.78, 5) is 7.04. The molecule has 0 aromatic carbocycles. The van der Waals surface area contributed by atoms with Crippen LogP contribution in [0, 0.1) is 5.92 Å². The smallest absolute Gasteiger partial charge is 0.123 e. The summed E-state index contributed by atoms with van der Waals surface area (Å²) < 4.78 is 0. The molecule has 0 spiro atoms. The van der Waals surface area contributed by atoms with Crippen LogP contribution in [-0.2, 0) is 0 Å². The third-order valence-electron chi connectivity index (χ3n) is 1.55. The molecule has 1 aromatic rings. The number of hydrogen-bond acceptors (Lipinski definition) is 2. The van der Waals surface area contributed by atoms with Crippen molar-refractivity contribution < 1.29 is 0 Å². The van der Waals surface area contributed by atoms with Gasteiger partial charge < -0.3 is 10.7 Å². The molecule has 0 amide bonds. The zero-order valence-electron chi connectivity index (χ0n) is 7.15. The molecule has 0 radical (unpaired) electrons. The zero-order chi connectivity index (χ0) is 7.56. The third kappa shape index (κ3) is 3.43.